The Hall–Kier alpha value is -2.81. The highest BCUT2D eigenvalue weighted by molar-refractivity contribution is 6.77. The summed E-state index contributed by atoms with van der Waals surface area (Å²) in [5, 5.41) is 13.4. The number of fused-ring (bicyclic) bond motifs is 2. The van der Waals surface area contributed by atoms with E-state index < -0.39 is 8.07 Å². The van der Waals surface area contributed by atoms with Gasteiger partial charge in [0.25, 0.3) is 0 Å². The van der Waals surface area contributed by atoms with Crippen LogP contribution in [0.4, 0.5) is 11.6 Å². The summed E-state index contributed by atoms with van der Waals surface area (Å²) in [5.41, 5.74) is 4.72. The lowest BCUT2D eigenvalue weighted by atomic mass is 10.1. The van der Waals surface area contributed by atoms with Crippen LogP contribution >= 0.6 is 0 Å². The fraction of sp³-hybridized carbons (Fsp3) is 0.450. The molecule has 0 saturated carbocycles. The molecule has 150 valence electrons. The Labute approximate surface area is 170 Å². The Morgan fingerprint density at radius 2 is 1.93 bits per heavy atom. The number of nitrogens with one attached hydrogen (secondary N) is 1. The van der Waals surface area contributed by atoms with Gasteiger partial charge in [0, 0.05) is 14.3 Å². The van der Waals surface area contributed by atoms with Crippen molar-refractivity contribution in [2.45, 2.75) is 57.9 Å². The van der Waals surface area contributed by atoms with Crippen molar-refractivity contribution in [3.05, 3.63) is 36.0 Å². The number of pyridine rings is 1. The molecule has 0 amide bonds. The molecule has 1 aliphatic heterocycles. The van der Waals surface area contributed by atoms with E-state index in [1.807, 2.05) is 32.3 Å². The first-order valence-corrected chi connectivity index (χ1v) is 13.6. The van der Waals surface area contributed by atoms with Gasteiger partial charge >= 0.3 is 0 Å². The number of hydrogen-bond acceptors (Lipinski definition) is 6. The van der Waals surface area contributed by atoms with Crippen LogP contribution in [0.2, 0.25) is 25.2 Å². The van der Waals surface area contributed by atoms with E-state index >= 15 is 0 Å². The van der Waals surface area contributed by atoms with Crippen molar-refractivity contribution in [1.82, 2.24) is 34.3 Å². The van der Waals surface area contributed by atoms with E-state index in [-0.39, 0.29) is 0 Å². The second-order valence-electron chi connectivity index (χ2n) is 8.91. The molecule has 0 spiro atoms. The minimum absolute atomic E-state index is 0.433. The van der Waals surface area contributed by atoms with Crippen LogP contribution < -0.4 is 5.32 Å². The molecule has 4 aromatic rings. The molecule has 0 radical (unpaired) electrons. The molecule has 5 rings (SSSR count). The molecule has 9 heteroatoms. The summed E-state index contributed by atoms with van der Waals surface area (Å²) in [6.07, 6.45) is 7.75. The zero-order valence-electron chi connectivity index (χ0n) is 17.3. The van der Waals surface area contributed by atoms with Gasteiger partial charge in [-0.25, -0.2) is 19.2 Å². The van der Waals surface area contributed by atoms with Crippen LogP contribution in [0.5, 0.6) is 0 Å². The maximum atomic E-state index is 4.86. The van der Waals surface area contributed by atoms with Crippen molar-refractivity contribution in [3.63, 3.8) is 0 Å². The summed E-state index contributed by atoms with van der Waals surface area (Å²) in [6, 6.07) is 5.13. The first-order valence-electron chi connectivity index (χ1n) is 10.2. The quantitative estimate of drug-likeness (QED) is 0.511. The Kier molecular flexibility index (Phi) is 4.16. The predicted octanol–water partition coefficient (Wildman–Crippen LogP) is 4.27. The first kappa shape index (κ1) is 18.2. The van der Waals surface area contributed by atoms with Crippen molar-refractivity contribution in [1.29, 1.82) is 0 Å². The molecule has 4 aromatic heterocycles. The number of rotatable bonds is 3. The summed E-state index contributed by atoms with van der Waals surface area (Å²) in [5.74, 6) is 0.576. The Morgan fingerprint density at radius 3 is 2.72 bits per heavy atom. The molecule has 1 saturated heterocycles. The monoisotopic (exact) mass is 406 g/mol. The zero-order chi connectivity index (χ0) is 20.2. The molecule has 0 aromatic carbocycles. The smallest absolute Gasteiger partial charge is 0.229 e. The third-order valence-electron chi connectivity index (χ3n) is 6.16. The van der Waals surface area contributed by atoms with E-state index in [0.717, 1.165) is 33.6 Å². The lowest BCUT2D eigenvalue weighted by Crippen LogP contribution is -2.32. The molecular formula is C20H26N8Si. The fourth-order valence-corrected chi connectivity index (χ4v) is 6.70. The van der Waals surface area contributed by atoms with E-state index in [2.05, 4.69) is 38.2 Å². The van der Waals surface area contributed by atoms with Crippen LogP contribution in [0.15, 0.2) is 24.8 Å². The topological polar surface area (TPSA) is 85.8 Å². The van der Waals surface area contributed by atoms with Gasteiger partial charge < -0.3 is 5.32 Å². The minimum atomic E-state index is -1.01. The molecule has 1 N–H and O–H groups in total. The molecule has 0 bridgehead atoms. The molecule has 29 heavy (non-hydrogen) atoms. The standard InChI is InChI=1S/C20H26N8Si/c1-13-9-18-22-12-23-27(18)11-17(13)24-20-21-10-16-14(2)26-28(19(16)25-20)15-5-7-29(3,4)8-6-15/h9-12,15H,5-8H2,1-4H3,(H,21,24,25). The summed E-state index contributed by atoms with van der Waals surface area (Å²) in [7, 11) is -1.01. The summed E-state index contributed by atoms with van der Waals surface area (Å²) < 4.78 is 3.89. The average molecular weight is 407 g/mol. The van der Waals surface area contributed by atoms with Gasteiger partial charge in [0.1, 0.15) is 6.33 Å². The SMILES string of the molecule is Cc1cc2ncnn2cc1Nc1ncc2c(C)nn(C3CC[Si](C)(C)CC3)c2n1. The van der Waals surface area contributed by atoms with Gasteiger partial charge in [-0.2, -0.15) is 15.2 Å². The van der Waals surface area contributed by atoms with Crippen molar-refractivity contribution in [2.24, 2.45) is 0 Å². The number of aromatic nitrogens is 7. The van der Waals surface area contributed by atoms with Gasteiger partial charge in [0.2, 0.25) is 5.95 Å². The second kappa shape index (κ2) is 6.62. The fourth-order valence-electron chi connectivity index (χ4n) is 4.22. The maximum absolute atomic E-state index is 4.86. The van der Waals surface area contributed by atoms with Crippen molar-refractivity contribution >= 4 is 36.4 Å². The number of hydrogen-bond donors (Lipinski definition) is 1. The Balaban J connectivity index is 1.50. The molecule has 0 aliphatic carbocycles. The highest BCUT2D eigenvalue weighted by Gasteiger charge is 2.31. The number of anilines is 2. The predicted molar refractivity (Wildman–Crippen MR) is 116 cm³/mol. The van der Waals surface area contributed by atoms with E-state index in [9.17, 15) is 0 Å². The highest BCUT2D eigenvalue weighted by atomic mass is 28.3. The van der Waals surface area contributed by atoms with Crippen molar-refractivity contribution < 1.29 is 0 Å². The minimum Gasteiger partial charge on any atom is -0.323 e. The Bertz CT molecular complexity index is 1200. The van der Waals surface area contributed by atoms with E-state index in [1.165, 1.54) is 24.9 Å². The highest BCUT2D eigenvalue weighted by Crippen LogP contribution is 2.36. The van der Waals surface area contributed by atoms with E-state index in [4.69, 9.17) is 10.1 Å². The van der Waals surface area contributed by atoms with Crippen LogP contribution in [-0.2, 0) is 0 Å². The molecule has 8 nitrogen and oxygen atoms in total. The van der Waals surface area contributed by atoms with Crippen LogP contribution in [-0.4, -0.2) is 42.4 Å². The molecule has 0 unspecified atom stereocenters. The van der Waals surface area contributed by atoms with Crippen molar-refractivity contribution in [2.75, 3.05) is 5.32 Å². The molecule has 1 fully saturated rings. The summed E-state index contributed by atoms with van der Waals surface area (Å²) in [4.78, 5) is 13.6. The Morgan fingerprint density at radius 1 is 1.14 bits per heavy atom. The lowest BCUT2D eigenvalue weighted by molar-refractivity contribution is 0.419. The molecule has 0 atom stereocenters. The van der Waals surface area contributed by atoms with Gasteiger partial charge in [0.05, 0.1) is 29.0 Å². The second-order valence-corrected chi connectivity index (χ2v) is 14.2. The average Bonchev–Trinajstić information content (AvgIpc) is 3.26. The maximum Gasteiger partial charge on any atom is 0.229 e. The van der Waals surface area contributed by atoms with Crippen LogP contribution in [0, 0.1) is 13.8 Å². The van der Waals surface area contributed by atoms with Gasteiger partial charge in [-0.15, -0.1) is 0 Å². The molecule has 5 heterocycles. The van der Waals surface area contributed by atoms with E-state index in [1.54, 1.807) is 10.8 Å². The molecular weight excluding hydrogens is 380 g/mol. The number of aryl methyl sites for hydroxylation is 2. The van der Waals surface area contributed by atoms with Gasteiger partial charge in [-0.05, 0) is 38.3 Å². The van der Waals surface area contributed by atoms with Gasteiger partial charge in [0.15, 0.2) is 11.3 Å². The third kappa shape index (κ3) is 3.29. The van der Waals surface area contributed by atoms with Gasteiger partial charge in [-0.1, -0.05) is 25.2 Å². The largest absolute Gasteiger partial charge is 0.323 e. The van der Waals surface area contributed by atoms with Crippen molar-refractivity contribution in [3.8, 4) is 0 Å². The molecule has 1 aliphatic rings. The van der Waals surface area contributed by atoms with E-state index in [0.29, 0.717) is 12.0 Å². The first-order chi connectivity index (χ1) is 13.9. The zero-order valence-corrected chi connectivity index (χ0v) is 18.3. The lowest BCUT2D eigenvalue weighted by Gasteiger charge is -2.32. The van der Waals surface area contributed by atoms with Crippen LogP contribution in [0.3, 0.4) is 0 Å². The van der Waals surface area contributed by atoms with Gasteiger partial charge in [-0.3, -0.25) is 0 Å². The normalized spacial score (nSPS) is 17.2. The third-order valence-corrected chi connectivity index (χ3v) is 9.44. The van der Waals surface area contributed by atoms with Crippen LogP contribution in [0.25, 0.3) is 16.7 Å². The number of nitrogens with zero attached hydrogens (tertiary/aromatic N) is 7. The summed E-state index contributed by atoms with van der Waals surface area (Å²) >= 11 is 0. The van der Waals surface area contributed by atoms with Crippen LogP contribution in [0.1, 0.15) is 30.1 Å². The summed E-state index contributed by atoms with van der Waals surface area (Å²) in [6.45, 7) is 9.07.